The van der Waals surface area contributed by atoms with Gasteiger partial charge in [0.2, 0.25) is 5.95 Å². The maximum Gasteiger partial charge on any atom is 0.222 e. The van der Waals surface area contributed by atoms with E-state index in [2.05, 4.69) is 44.1 Å². The lowest BCUT2D eigenvalue weighted by Gasteiger charge is -2.42. The van der Waals surface area contributed by atoms with E-state index in [1.165, 1.54) is 19.3 Å². The maximum absolute atomic E-state index is 8.86. The van der Waals surface area contributed by atoms with Gasteiger partial charge in [-0.25, -0.2) is 9.97 Å². The van der Waals surface area contributed by atoms with Crippen LogP contribution in [0.25, 0.3) is 0 Å². The third kappa shape index (κ3) is 5.64. The summed E-state index contributed by atoms with van der Waals surface area (Å²) in [7, 11) is 0. The van der Waals surface area contributed by atoms with Crippen molar-refractivity contribution in [3.8, 4) is 6.07 Å². The van der Waals surface area contributed by atoms with Gasteiger partial charge in [0.1, 0.15) is 6.07 Å². The molecule has 4 rings (SSSR count). The number of nitrogens with zero attached hydrogens (tertiary/aromatic N) is 5. The highest BCUT2D eigenvalue weighted by molar-refractivity contribution is 6.43. The third-order valence-corrected chi connectivity index (χ3v) is 7.58. The Morgan fingerprint density at radius 1 is 1.12 bits per heavy atom. The molecule has 2 aliphatic rings. The Morgan fingerprint density at radius 2 is 1.88 bits per heavy atom. The SMILES string of the molecule is C[C@@H]1CN(CCC2CCC(Nc3ncc(C#N)cn3)CC2)CCN1c1cccc(Cl)c1Cl. The predicted octanol–water partition coefficient (Wildman–Crippen LogP) is 5.23. The molecular formula is C24H30Cl2N6. The normalized spacial score (nSPS) is 24.2. The third-order valence-electron chi connectivity index (χ3n) is 6.77. The minimum Gasteiger partial charge on any atom is -0.365 e. The zero-order valence-corrected chi connectivity index (χ0v) is 20.0. The van der Waals surface area contributed by atoms with E-state index in [0.717, 1.165) is 50.6 Å². The predicted molar refractivity (Wildman–Crippen MR) is 130 cm³/mol. The summed E-state index contributed by atoms with van der Waals surface area (Å²) in [4.78, 5) is 13.4. The van der Waals surface area contributed by atoms with Crippen LogP contribution in [-0.2, 0) is 0 Å². The first-order chi connectivity index (χ1) is 15.5. The fourth-order valence-corrected chi connectivity index (χ4v) is 5.32. The van der Waals surface area contributed by atoms with Crippen molar-refractivity contribution in [2.45, 2.75) is 51.1 Å². The number of benzene rings is 1. The Kier molecular flexibility index (Phi) is 7.72. The van der Waals surface area contributed by atoms with Crippen LogP contribution in [0.2, 0.25) is 10.0 Å². The smallest absolute Gasteiger partial charge is 0.222 e. The van der Waals surface area contributed by atoms with E-state index in [1.54, 1.807) is 12.4 Å². The highest BCUT2D eigenvalue weighted by Crippen LogP contribution is 2.34. The Bertz CT molecular complexity index is 936. The number of nitrogens with one attached hydrogen (secondary N) is 1. The summed E-state index contributed by atoms with van der Waals surface area (Å²) < 4.78 is 0. The highest BCUT2D eigenvalue weighted by atomic mass is 35.5. The standard InChI is InChI=1S/C24H30Cl2N6/c1-17-16-31(11-12-32(17)22-4-2-3-21(25)23(22)26)10-9-18-5-7-20(8-6-18)30-24-28-14-19(13-27)15-29-24/h2-4,14-15,17-18,20H,5-12,16H2,1H3,(H,28,29,30)/t17-,18?,20?/m1/s1. The lowest BCUT2D eigenvalue weighted by Crippen LogP contribution is -2.52. The van der Waals surface area contributed by atoms with E-state index >= 15 is 0 Å². The number of aromatic nitrogens is 2. The van der Waals surface area contributed by atoms with Crippen molar-refractivity contribution >= 4 is 34.8 Å². The molecule has 1 aromatic carbocycles. The fourth-order valence-electron chi connectivity index (χ4n) is 4.91. The van der Waals surface area contributed by atoms with Crippen LogP contribution in [0.15, 0.2) is 30.6 Å². The van der Waals surface area contributed by atoms with Crippen molar-refractivity contribution < 1.29 is 0 Å². The zero-order chi connectivity index (χ0) is 22.5. The van der Waals surface area contributed by atoms with Gasteiger partial charge in [0, 0.05) is 31.7 Å². The summed E-state index contributed by atoms with van der Waals surface area (Å²) in [6.07, 6.45) is 9.16. The summed E-state index contributed by atoms with van der Waals surface area (Å²) in [5.41, 5.74) is 1.54. The highest BCUT2D eigenvalue weighted by Gasteiger charge is 2.27. The molecule has 1 atom stereocenters. The minimum absolute atomic E-state index is 0.409. The minimum atomic E-state index is 0.409. The van der Waals surface area contributed by atoms with E-state index in [0.29, 0.717) is 33.6 Å². The largest absolute Gasteiger partial charge is 0.365 e. The lowest BCUT2D eigenvalue weighted by molar-refractivity contribution is 0.199. The Balaban J connectivity index is 1.19. The molecule has 0 spiro atoms. The second-order valence-electron chi connectivity index (χ2n) is 8.97. The average molecular weight is 473 g/mol. The van der Waals surface area contributed by atoms with Crippen LogP contribution in [0.5, 0.6) is 0 Å². The van der Waals surface area contributed by atoms with Crippen molar-refractivity contribution in [1.29, 1.82) is 5.26 Å². The van der Waals surface area contributed by atoms with Crippen LogP contribution in [-0.4, -0.2) is 53.1 Å². The van der Waals surface area contributed by atoms with Crippen molar-refractivity contribution in [2.24, 2.45) is 5.92 Å². The summed E-state index contributed by atoms with van der Waals surface area (Å²) >= 11 is 12.7. The van der Waals surface area contributed by atoms with E-state index in [-0.39, 0.29) is 0 Å². The molecule has 6 nitrogen and oxygen atoms in total. The van der Waals surface area contributed by atoms with Crippen LogP contribution >= 0.6 is 23.2 Å². The summed E-state index contributed by atoms with van der Waals surface area (Å²) in [5.74, 6) is 1.41. The van der Waals surface area contributed by atoms with Crippen LogP contribution in [0, 0.1) is 17.2 Å². The Hall–Kier alpha value is -2.07. The summed E-state index contributed by atoms with van der Waals surface area (Å²) in [5, 5.41) is 13.6. The first-order valence-corrected chi connectivity index (χ1v) is 12.2. The van der Waals surface area contributed by atoms with E-state index < -0.39 is 0 Å². The average Bonchev–Trinajstić information content (AvgIpc) is 2.81. The maximum atomic E-state index is 8.86. The molecule has 1 aromatic heterocycles. The number of nitriles is 1. The molecule has 32 heavy (non-hydrogen) atoms. The molecule has 0 bridgehead atoms. The van der Waals surface area contributed by atoms with Gasteiger partial charge in [0.05, 0.1) is 33.7 Å². The molecule has 8 heteroatoms. The van der Waals surface area contributed by atoms with Gasteiger partial charge in [-0.2, -0.15) is 5.26 Å². The Labute approximate surface area is 200 Å². The number of hydrogen-bond donors (Lipinski definition) is 1. The molecule has 1 saturated carbocycles. The number of anilines is 2. The molecule has 1 aliphatic heterocycles. The summed E-state index contributed by atoms with van der Waals surface area (Å²) in [6, 6.07) is 8.76. The van der Waals surface area contributed by atoms with Gasteiger partial charge in [-0.3, -0.25) is 4.90 Å². The van der Waals surface area contributed by atoms with Gasteiger partial charge in [-0.15, -0.1) is 0 Å². The second-order valence-corrected chi connectivity index (χ2v) is 9.76. The van der Waals surface area contributed by atoms with Crippen molar-refractivity contribution in [3.05, 3.63) is 46.2 Å². The molecule has 1 aliphatic carbocycles. The zero-order valence-electron chi connectivity index (χ0n) is 18.5. The molecule has 2 heterocycles. The molecule has 0 radical (unpaired) electrons. The van der Waals surface area contributed by atoms with Crippen LogP contribution in [0.1, 0.15) is 44.6 Å². The van der Waals surface area contributed by atoms with E-state index in [9.17, 15) is 0 Å². The van der Waals surface area contributed by atoms with Crippen LogP contribution in [0.3, 0.4) is 0 Å². The van der Waals surface area contributed by atoms with Gasteiger partial charge < -0.3 is 10.2 Å². The van der Waals surface area contributed by atoms with Gasteiger partial charge >= 0.3 is 0 Å². The first kappa shape index (κ1) is 23.1. The van der Waals surface area contributed by atoms with Crippen molar-refractivity contribution in [3.63, 3.8) is 0 Å². The van der Waals surface area contributed by atoms with E-state index in [1.807, 2.05) is 12.1 Å². The quantitative estimate of drug-likeness (QED) is 0.620. The summed E-state index contributed by atoms with van der Waals surface area (Å²) in [6.45, 7) is 6.51. The van der Waals surface area contributed by atoms with Crippen LogP contribution in [0.4, 0.5) is 11.6 Å². The fraction of sp³-hybridized carbons (Fsp3) is 0.542. The monoisotopic (exact) mass is 472 g/mol. The number of hydrogen-bond acceptors (Lipinski definition) is 6. The molecule has 2 aromatic rings. The topological polar surface area (TPSA) is 68.1 Å². The van der Waals surface area contributed by atoms with Crippen LogP contribution < -0.4 is 10.2 Å². The molecule has 1 N–H and O–H groups in total. The lowest BCUT2D eigenvalue weighted by atomic mass is 9.84. The van der Waals surface area contributed by atoms with Crippen molar-refractivity contribution in [2.75, 3.05) is 36.4 Å². The molecule has 1 saturated heterocycles. The van der Waals surface area contributed by atoms with E-state index in [4.69, 9.17) is 28.5 Å². The number of halogens is 2. The molecule has 2 fully saturated rings. The van der Waals surface area contributed by atoms with Gasteiger partial charge in [0.25, 0.3) is 0 Å². The molecule has 0 unspecified atom stereocenters. The number of piperazine rings is 1. The van der Waals surface area contributed by atoms with Gasteiger partial charge in [-0.05, 0) is 63.6 Å². The Morgan fingerprint density at radius 3 is 2.56 bits per heavy atom. The second kappa shape index (κ2) is 10.7. The number of rotatable bonds is 6. The van der Waals surface area contributed by atoms with Gasteiger partial charge in [-0.1, -0.05) is 29.3 Å². The van der Waals surface area contributed by atoms with Crippen molar-refractivity contribution in [1.82, 2.24) is 14.9 Å². The van der Waals surface area contributed by atoms with Gasteiger partial charge in [0.15, 0.2) is 0 Å². The molecular weight excluding hydrogens is 443 g/mol. The first-order valence-electron chi connectivity index (χ1n) is 11.4. The molecule has 0 amide bonds. The molecule has 170 valence electrons.